The average Bonchev–Trinajstić information content (AvgIpc) is 2.58. The number of nitrogens with zero attached hydrogens (tertiary/aromatic N) is 1. The summed E-state index contributed by atoms with van der Waals surface area (Å²) < 4.78 is 0. The maximum Gasteiger partial charge on any atom is 0.224 e. The molecule has 2 N–H and O–H groups in total. The van der Waals surface area contributed by atoms with Gasteiger partial charge in [-0.15, -0.1) is 0 Å². The second-order valence-electron chi connectivity index (χ2n) is 6.04. The van der Waals surface area contributed by atoms with E-state index in [4.69, 9.17) is 0 Å². The Hall–Kier alpha value is -1.39. The summed E-state index contributed by atoms with van der Waals surface area (Å²) in [7, 11) is 0. The Morgan fingerprint density at radius 3 is 2.77 bits per heavy atom. The van der Waals surface area contributed by atoms with Gasteiger partial charge >= 0.3 is 0 Å². The second-order valence-corrected chi connectivity index (χ2v) is 6.04. The van der Waals surface area contributed by atoms with E-state index in [1.54, 1.807) is 0 Å². The Kier molecular flexibility index (Phi) is 6.87. The number of rotatable bonds is 7. The van der Waals surface area contributed by atoms with E-state index >= 15 is 0 Å². The van der Waals surface area contributed by atoms with Crippen LogP contribution in [0.2, 0.25) is 0 Å². The molecule has 0 aromatic heterocycles. The molecule has 0 aliphatic carbocycles. The minimum absolute atomic E-state index is 0.132. The van der Waals surface area contributed by atoms with E-state index in [2.05, 4.69) is 53.6 Å². The van der Waals surface area contributed by atoms with Crippen LogP contribution in [-0.4, -0.2) is 37.0 Å². The van der Waals surface area contributed by atoms with E-state index in [9.17, 15) is 4.79 Å². The average molecular weight is 303 g/mol. The third-order valence-corrected chi connectivity index (χ3v) is 4.43. The van der Waals surface area contributed by atoms with E-state index in [0.29, 0.717) is 6.54 Å². The van der Waals surface area contributed by atoms with Gasteiger partial charge in [-0.2, -0.15) is 0 Å². The highest BCUT2D eigenvalue weighted by Gasteiger charge is 2.20. The van der Waals surface area contributed by atoms with Crippen molar-refractivity contribution < 1.29 is 4.79 Å². The van der Waals surface area contributed by atoms with Crippen LogP contribution in [0.15, 0.2) is 24.3 Å². The van der Waals surface area contributed by atoms with Crippen LogP contribution in [0.4, 0.5) is 0 Å². The zero-order valence-corrected chi connectivity index (χ0v) is 13.9. The summed E-state index contributed by atoms with van der Waals surface area (Å²) >= 11 is 0. The molecule has 4 heteroatoms. The highest BCUT2D eigenvalue weighted by Crippen LogP contribution is 2.11. The molecule has 2 rings (SSSR count). The van der Waals surface area contributed by atoms with Crippen molar-refractivity contribution >= 4 is 5.91 Å². The van der Waals surface area contributed by atoms with E-state index in [1.165, 1.54) is 11.1 Å². The van der Waals surface area contributed by atoms with Crippen LogP contribution in [0.3, 0.4) is 0 Å². The molecule has 1 atom stereocenters. The second kappa shape index (κ2) is 8.91. The molecule has 1 aliphatic rings. The summed E-state index contributed by atoms with van der Waals surface area (Å²) in [5.74, 6) is 0.314. The summed E-state index contributed by atoms with van der Waals surface area (Å²) in [6.07, 6.45) is 2.10. The highest BCUT2D eigenvalue weighted by atomic mass is 16.1. The minimum Gasteiger partial charge on any atom is -0.352 e. The van der Waals surface area contributed by atoms with Gasteiger partial charge in [0.1, 0.15) is 0 Å². The van der Waals surface area contributed by atoms with Gasteiger partial charge in [0.15, 0.2) is 0 Å². The molecule has 1 aliphatic heterocycles. The lowest BCUT2D eigenvalue weighted by Crippen LogP contribution is -2.40. The first-order chi connectivity index (χ1) is 10.7. The molecule has 1 fully saturated rings. The van der Waals surface area contributed by atoms with E-state index in [-0.39, 0.29) is 11.8 Å². The summed E-state index contributed by atoms with van der Waals surface area (Å²) in [5.41, 5.74) is 2.50. The topological polar surface area (TPSA) is 44.4 Å². The van der Waals surface area contributed by atoms with Gasteiger partial charge in [0.05, 0.1) is 5.92 Å². The molecule has 122 valence electrons. The van der Waals surface area contributed by atoms with Crippen molar-refractivity contribution in [3.8, 4) is 0 Å². The lowest BCUT2D eigenvalue weighted by Gasteiger charge is -2.22. The monoisotopic (exact) mass is 303 g/mol. The van der Waals surface area contributed by atoms with Crippen molar-refractivity contribution in [2.75, 3.05) is 26.2 Å². The molecule has 1 aromatic rings. The van der Waals surface area contributed by atoms with Gasteiger partial charge in [-0.3, -0.25) is 9.69 Å². The summed E-state index contributed by atoms with van der Waals surface area (Å²) in [4.78, 5) is 14.6. The summed E-state index contributed by atoms with van der Waals surface area (Å²) in [6.45, 7) is 9.95. The van der Waals surface area contributed by atoms with Crippen molar-refractivity contribution in [1.82, 2.24) is 15.5 Å². The number of hydrogen-bond donors (Lipinski definition) is 2. The van der Waals surface area contributed by atoms with Crippen LogP contribution in [0.1, 0.15) is 37.8 Å². The van der Waals surface area contributed by atoms with Crippen LogP contribution in [0, 0.1) is 5.92 Å². The third kappa shape index (κ3) is 5.11. The predicted octanol–water partition coefficient (Wildman–Crippen LogP) is 2.14. The fourth-order valence-corrected chi connectivity index (χ4v) is 2.95. The van der Waals surface area contributed by atoms with Crippen molar-refractivity contribution in [3.05, 3.63) is 35.4 Å². The van der Waals surface area contributed by atoms with Gasteiger partial charge in [-0.1, -0.05) is 38.1 Å². The van der Waals surface area contributed by atoms with Crippen LogP contribution in [0.25, 0.3) is 0 Å². The molecule has 4 nitrogen and oxygen atoms in total. The first kappa shape index (κ1) is 17.0. The fourth-order valence-electron chi connectivity index (χ4n) is 2.95. The Balaban J connectivity index is 1.85. The van der Waals surface area contributed by atoms with Gasteiger partial charge in [0, 0.05) is 19.6 Å². The minimum atomic E-state index is 0.132. The van der Waals surface area contributed by atoms with Gasteiger partial charge < -0.3 is 10.6 Å². The number of benzene rings is 1. The molecular weight excluding hydrogens is 274 g/mol. The third-order valence-electron chi connectivity index (χ3n) is 4.43. The van der Waals surface area contributed by atoms with E-state index in [1.807, 2.05) is 0 Å². The first-order valence-electron chi connectivity index (χ1n) is 8.51. The molecular formula is C18H29N3O. The van der Waals surface area contributed by atoms with Gasteiger partial charge in [-0.25, -0.2) is 0 Å². The largest absolute Gasteiger partial charge is 0.352 e. The number of piperidine rings is 1. The number of amides is 1. The number of hydrogen-bond acceptors (Lipinski definition) is 3. The Morgan fingerprint density at radius 2 is 2.09 bits per heavy atom. The fraction of sp³-hybridized carbons (Fsp3) is 0.611. The first-order valence-corrected chi connectivity index (χ1v) is 8.51. The van der Waals surface area contributed by atoms with Crippen LogP contribution < -0.4 is 10.6 Å². The molecule has 0 spiro atoms. The summed E-state index contributed by atoms with van der Waals surface area (Å²) in [6, 6.07) is 8.54. The normalized spacial score (nSPS) is 18.4. The van der Waals surface area contributed by atoms with E-state index < -0.39 is 0 Å². The Bertz CT molecular complexity index is 465. The summed E-state index contributed by atoms with van der Waals surface area (Å²) in [5, 5.41) is 6.38. The predicted molar refractivity (Wildman–Crippen MR) is 90.5 cm³/mol. The van der Waals surface area contributed by atoms with Gasteiger partial charge in [-0.05, 0) is 43.6 Å². The van der Waals surface area contributed by atoms with Crippen molar-refractivity contribution in [1.29, 1.82) is 0 Å². The maximum atomic E-state index is 12.2. The maximum absolute atomic E-state index is 12.2. The molecule has 1 unspecified atom stereocenters. The van der Waals surface area contributed by atoms with Crippen LogP contribution in [0.5, 0.6) is 0 Å². The molecule has 1 aromatic carbocycles. The van der Waals surface area contributed by atoms with Crippen molar-refractivity contribution in [2.24, 2.45) is 5.92 Å². The van der Waals surface area contributed by atoms with Gasteiger partial charge in [0.25, 0.3) is 0 Å². The van der Waals surface area contributed by atoms with Crippen LogP contribution >= 0.6 is 0 Å². The molecule has 1 saturated heterocycles. The van der Waals surface area contributed by atoms with Crippen molar-refractivity contribution in [2.45, 2.75) is 39.8 Å². The SMILES string of the molecule is CCN(CC)Cc1cccc(CNC(=O)C2CCCNC2)c1. The number of carbonyl (C=O) groups is 1. The lowest BCUT2D eigenvalue weighted by atomic mass is 9.99. The molecule has 0 saturated carbocycles. The molecule has 22 heavy (non-hydrogen) atoms. The molecule has 0 bridgehead atoms. The lowest BCUT2D eigenvalue weighted by molar-refractivity contribution is -0.125. The number of nitrogens with one attached hydrogen (secondary N) is 2. The van der Waals surface area contributed by atoms with Gasteiger partial charge in [0.2, 0.25) is 5.91 Å². The van der Waals surface area contributed by atoms with E-state index in [0.717, 1.165) is 45.6 Å². The molecule has 1 amide bonds. The highest BCUT2D eigenvalue weighted by molar-refractivity contribution is 5.78. The standard InChI is InChI=1S/C18H29N3O/c1-3-21(4-2)14-16-8-5-7-15(11-16)12-20-18(22)17-9-6-10-19-13-17/h5,7-8,11,17,19H,3-4,6,9-10,12-14H2,1-2H3,(H,20,22). The van der Waals surface area contributed by atoms with Crippen molar-refractivity contribution in [3.63, 3.8) is 0 Å². The Labute approximate surface area is 134 Å². The zero-order valence-electron chi connectivity index (χ0n) is 13.9. The quantitative estimate of drug-likeness (QED) is 0.811. The smallest absolute Gasteiger partial charge is 0.224 e. The number of carbonyl (C=O) groups excluding carboxylic acids is 1. The molecule has 1 heterocycles. The Morgan fingerprint density at radius 1 is 1.32 bits per heavy atom. The molecule has 0 radical (unpaired) electrons. The zero-order chi connectivity index (χ0) is 15.8. The van der Waals surface area contributed by atoms with Crippen LogP contribution in [-0.2, 0) is 17.9 Å².